The highest BCUT2D eigenvalue weighted by molar-refractivity contribution is 9.10. The lowest BCUT2D eigenvalue weighted by atomic mass is 10.1. The van der Waals surface area contributed by atoms with Gasteiger partial charge >= 0.3 is 5.97 Å². The molecule has 2 aromatic rings. The molecule has 0 aliphatic heterocycles. The first kappa shape index (κ1) is 16.6. The molecule has 116 valence electrons. The van der Waals surface area contributed by atoms with Gasteiger partial charge in [0.1, 0.15) is 0 Å². The van der Waals surface area contributed by atoms with Gasteiger partial charge in [-0.05, 0) is 24.1 Å². The molecule has 0 saturated carbocycles. The Bertz CT molecular complexity index is 655. The number of carbonyl (C=O) groups excluding carboxylic acids is 1. The fourth-order valence-corrected chi connectivity index (χ4v) is 2.87. The third kappa shape index (κ3) is 5.23. The summed E-state index contributed by atoms with van der Waals surface area (Å²) in [6, 6.07) is 7.88. The van der Waals surface area contributed by atoms with Crippen molar-refractivity contribution in [3.63, 3.8) is 0 Å². The Hall–Kier alpha value is -1.73. The van der Waals surface area contributed by atoms with Gasteiger partial charge in [0.25, 0.3) is 0 Å². The fourth-order valence-electron chi connectivity index (χ4n) is 1.83. The zero-order chi connectivity index (χ0) is 15.9. The van der Waals surface area contributed by atoms with E-state index < -0.39 is 5.97 Å². The Morgan fingerprint density at radius 2 is 1.95 bits per heavy atom. The Labute approximate surface area is 140 Å². The van der Waals surface area contributed by atoms with E-state index in [1.54, 1.807) is 0 Å². The SMILES string of the molecule is O=C(CCc1ccc(Br)cc1)NCCc1nc(C(=O)O)cs1. The van der Waals surface area contributed by atoms with Crippen LogP contribution in [-0.4, -0.2) is 28.5 Å². The molecule has 1 amide bonds. The summed E-state index contributed by atoms with van der Waals surface area (Å²) in [5.41, 5.74) is 1.17. The maximum atomic E-state index is 11.8. The van der Waals surface area contributed by atoms with Gasteiger partial charge in [-0.25, -0.2) is 9.78 Å². The van der Waals surface area contributed by atoms with E-state index in [0.717, 1.165) is 10.0 Å². The first-order valence-electron chi connectivity index (χ1n) is 6.73. The maximum Gasteiger partial charge on any atom is 0.355 e. The van der Waals surface area contributed by atoms with Crippen LogP contribution in [0.3, 0.4) is 0 Å². The molecule has 0 saturated heterocycles. The van der Waals surface area contributed by atoms with Gasteiger partial charge in [-0.3, -0.25) is 4.79 Å². The van der Waals surface area contributed by atoms with Gasteiger partial charge in [-0.1, -0.05) is 28.1 Å². The standard InChI is InChI=1S/C15H15BrN2O3S/c16-11-4-1-10(2-5-11)3-6-13(19)17-8-7-14-18-12(9-22-14)15(20)21/h1-2,4-5,9H,3,6-8H2,(H,17,19)(H,20,21). The Morgan fingerprint density at radius 1 is 1.23 bits per heavy atom. The normalized spacial score (nSPS) is 10.4. The molecule has 0 fully saturated rings. The maximum absolute atomic E-state index is 11.8. The smallest absolute Gasteiger partial charge is 0.355 e. The molecule has 1 aromatic heterocycles. The number of carbonyl (C=O) groups is 2. The molecule has 0 aliphatic rings. The number of aromatic carboxylic acids is 1. The largest absolute Gasteiger partial charge is 0.476 e. The molecule has 1 aromatic carbocycles. The minimum Gasteiger partial charge on any atom is -0.476 e. The molecule has 0 bridgehead atoms. The fraction of sp³-hybridized carbons (Fsp3) is 0.267. The lowest BCUT2D eigenvalue weighted by molar-refractivity contribution is -0.121. The summed E-state index contributed by atoms with van der Waals surface area (Å²) in [7, 11) is 0. The molecule has 0 radical (unpaired) electrons. The number of rotatable bonds is 7. The molecule has 2 rings (SSSR count). The van der Waals surface area contributed by atoms with Gasteiger partial charge in [0, 0.05) is 29.2 Å². The highest BCUT2D eigenvalue weighted by Gasteiger charge is 2.08. The van der Waals surface area contributed by atoms with Gasteiger partial charge < -0.3 is 10.4 Å². The lowest BCUT2D eigenvalue weighted by Gasteiger charge is -2.04. The van der Waals surface area contributed by atoms with E-state index in [4.69, 9.17) is 5.11 Å². The average molecular weight is 383 g/mol. The number of benzene rings is 1. The molecule has 22 heavy (non-hydrogen) atoms. The molecule has 0 spiro atoms. The second-order valence-electron chi connectivity index (χ2n) is 4.66. The molecular weight excluding hydrogens is 368 g/mol. The summed E-state index contributed by atoms with van der Waals surface area (Å²) >= 11 is 4.66. The van der Waals surface area contributed by atoms with Crippen molar-refractivity contribution in [1.29, 1.82) is 0 Å². The van der Waals surface area contributed by atoms with Gasteiger partial charge in [0.2, 0.25) is 5.91 Å². The van der Waals surface area contributed by atoms with Crippen LogP contribution in [0.15, 0.2) is 34.1 Å². The molecule has 1 heterocycles. The van der Waals surface area contributed by atoms with Gasteiger partial charge in [-0.15, -0.1) is 11.3 Å². The summed E-state index contributed by atoms with van der Waals surface area (Å²) in [6.07, 6.45) is 1.67. The van der Waals surface area contributed by atoms with Crippen molar-refractivity contribution in [2.24, 2.45) is 0 Å². The summed E-state index contributed by atoms with van der Waals surface area (Å²) in [6.45, 7) is 0.464. The minimum absolute atomic E-state index is 0.0158. The number of thiazole rings is 1. The number of hydrogen-bond acceptors (Lipinski definition) is 4. The first-order chi connectivity index (χ1) is 10.5. The topological polar surface area (TPSA) is 79.3 Å². The summed E-state index contributed by atoms with van der Waals surface area (Å²) < 4.78 is 1.02. The Morgan fingerprint density at radius 3 is 2.59 bits per heavy atom. The van der Waals surface area contributed by atoms with Crippen LogP contribution in [0.4, 0.5) is 0 Å². The van der Waals surface area contributed by atoms with Crippen LogP contribution in [0.1, 0.15) is 27.5 Å². The van der Waals surface area contributed by atoms with Crippen molar-refractivity contribution in [3.05, 3.63) is 50.4 Å². The molecule has 0 unspecified atom stereocenters. The highest BCUT2D eigenvalue weighted by atomic mass is 79.9. The summed E-state index contributed by atoms with van der Waals surface area (Å²) in [5.74, 6) is -1.04. The van der Waals surface area contributed by atoms with Crippen molar-refractivity contribution in [2.75, 3.05) is 6.54 Å². The highest BCUT2D eigenvalue weighted by Crippen LogP contribution is 2.12. The van der Waals surface area contributed by atoms with Crippen molar-refractivity contribution in [1.82, 2.24) is 10.3 Å². The van der Waals surface area contributed by atoms with Crippen molar-refractivity contribution >= 4 is 39.1 Å². The first-order valence-corrected chi connectivity index (χ1v) is 8.40. The van der Waals surface area contributed by atoms with Crippen LogP contribution in [-0.2, 0) is 17.6 Å². The number of aromatic nitrogens is 1. The predicted octanol–water partition coefficient (Wildman–Crippen LogP) is 2.90. The quantitative estimate of drug-likeness (QED) is 0.771. The van der Waals surface area contributed by atoms with E-state index in [9.17, 15) is 9.59 Å². The van der Waals surface area contributed by atoms with Gasteiger partial charge in [-0.2, -0.15) is 0 Å². The van der Waals surface area contributed by atoms with Crippen molar-refractivity contribution in [3.8, 4) is 0 Å². The minimum atomic E-state index is -1.03. The molecule has 7 heteroatoms. The van der Waals surface area contributed by atoms with E-state index in [1.807, 2.05) is 24.3 Å². The molecule has 0 aliphatic carbocycles. The van der Waals surface area contributed by atoms with Crippen LogP contribution in [0.2, 0.25) is 0 Å². The van der Waals surface area contributed by atoms with E-state index in [0.29, 0.717) is 30.8 Å². The summed E-state index contributed by atoms with van der Waals surface area (Å²) in [5, 5.41) is 13.8. The lowest BCUT2D eigenvalue weighted by Crippen LogP contribution is -2.25. The summed E-state index contributed by atoms with van der Waals surface area (Å²) in [4.78, 5) is 26.4. The molecular formula is C15H15BrN2O3S. The van der Waals surface area contributed by atoms with Crippen molar-refractivity contribution in [2.45, 2.75) is 19.3 Å². The van der Waals surface area contributed by atoms with E-state index in [-0.39, 0.29) is 11.6 Å². The van der Waals surface area contributed by atoms with Crippen LogP contribution in [0, 0.1) is 0 Å². The average Bonchev–Trinajstić information content (AvgIpc) is 2.96. The predicted molar refractivity (Wildman–Crippen MR) is 88.3 cm³/mol. The number of amides is 1. The second-order valence-corrected chi connectivity index (χ2v) is 6.52. The Balaban J connectivity index is 1.69. The van der Waals surface area contributed by atoms with Crippen LogP contribution >= 0.6 is 27.3 Å². The number of nitrogens with zero attached hydrogens (tertiary/aromatic N) is 1. The third-order valence-corrected chi connectivity index (χ3v) is 4.42. The number of hydrogen-bond donors (Lipinski definition) is 2. The number of carboxylic acids is 1. The second kappa shape index (κ2) is 8.05. The molecule has 5 nitrogen and oxygen atoms in total. The monoisotopic (exact) mass is 382 g/mol. The zero-order valence-corrected chi connectivity index (χ0v) is 14.1. The van der Waals surface area contributed by atoms with Crippen molar-refractivity contribution < 1.29 is 14.7 Å². The number of halogens is 1. The van der Waals surface area contributed by atoms with Crippen LogP contribution in [0.5, 0.6) is 0 Å². The van der Waals surface area contributed by atoms with Crippen LogP contribution < -0.4 is 5.32 Å². The van der Waals surface area contributed by atoms with E-state index >= 15 is 0 Å². The molecule has 2 N–H and O–H groups in total. The van der Waals surface area contributed by atoms with Gasteiger partial charge in [0.15, 0.2) is 5.69 Å². The van der Waals surface area contributed by atoms with E-state index in [2.05, 4.69) is 26.2 Å². The number of aryl methyl sites for hydroxylation is 1. The van der Waals surface area contributed by atoms with Crippen LogP contribution in [0.25, 0.3) is 0 Å². The zero-order valence-electron chi connectivity index (χ0n) is 11.7. The number of carboxylic acid groups (broad SMARTS) is 1. The van der Waals surface area contributed by atoms with Gasteiger partial charge in [0.05, 0.1) is 5.01 Å². The number of nitrogens with one attached hydrogen (secondary N) is 1. The molecule has 0 atom stereocenters. The Kier molecular flexibility index (Phi) is 6.09. The van der Waals surface area contributed by atoms with E-state index in [1.165, 1.54) is 16.7 Å². The third-order valence-electron chi connectivity index (χ3n) is 2.99.